The van der Waals surface area contributed by atoms with Gasteiger partial charge in [0.15, 0.2) is 0 Å². The van der Waals surface area contributed by atoms with Crippen LogP contribution < -0.4 is 0 Å². The van der Waals surface area contributed by atoms with E-state index in [0.29, 0.717) is 0 Å². The minimum absolute atomic E-state index is 0.0325. The molecule has 1 rings (SSSR count). The maximum atomic E-state index is 10.6. The van der Waals surface area contributed by atoms with Gasteiger partial charge in [-0.3, -0.25) is 0 Å². The molecule has 0 aliphatic heterocycles. The Labute approximate surface area is 79.0 Å². The molecular weight excluding hydrogens is 188 g/mol. The maximum absolute atomic E-state index is 10.6. The molecule has 0 radical (unpaired) electrons. The lowest BCUT2D eigenvalue weighted by Crippen LogP contribution is -1.96. The van der Waals surface area contributed by atoms with Crippen molar-refractivity contribution in [2.24, 2.45) is 0 Å². The molecular formula is C9H6O5. The first-order chi connectivity index (χ1) is 6.49. The van der Waals surface area contributed by atoms with Gasteiger partial charge in [-0.2, -0.15) is 0 Å². The Balaban J connectivity index is 3.49. The zero-order chi connectivity index (χ0) is 10.9. The van der Waals surface area contributed by atoms with E-state index in [-0.39, 0.29) is 11.1 Å². The van der Waals surface area contributed by atoms with Crippen molar-refractivity contribution in [2.45, 2.75) is 6.92 Å². The molecule has 0 atom stereocenters. The fourth-order valence-corrected chi connectivity index (χ4v) is 1.04. The van der Waals surface area contributed by atoms with Crippen LogP contribution in [-0.4, -0.2) is 22.2 Å². The van der Waals surface area contributed by atoms with Gasteiger partial charge in [0.2, 0.25) is 11.5 Å². The number of hydrogen-bond acceptors (Lipinski definition) is 3. The SMILES string of the molecule is C#Cc1c(C(=O)O)oc(C(=O)O)c1C. The predicted molar refractivity (Wildman–Crippen MR) is 45.3 cm³/mol. The fourth-order valence-electron chi connectivity index (χ4n) is 1.04. The van der Waals surface area contributed by atoms with Crippen LogP contribution in [0.5, 0.6) is 0 Å². The van der Waals surface area contributed by atoms with Gasteiger partial charge in [0.25, 0.3) is 0 Å². The van der Waals surface area contributed by atoms with Crippen LogP contribution >= 0.6 is 0 Å². The third kappa shape index (κ3) is 1.33. The van der Waals surface area contributed by atoms with E-state index in [9.17, 15) is 9.59 Å². The Morgan fingerprint density at radius 2 is 1.79 bits per heavy atom. The molecule has 1 aromatic heterocycles. The molecule has 72 valence electrons. The van der Waals surface area contributed by atoms with E-state index in [0.717, 1.165) is 0 Å². The molecule has 0 aliphatic carbocycles. The summed E-state index contributed by atoms with van der Waals surface area (Å²) in [6.07, 6.45) is 5.04. The molecule has 0 aliphatic rings. The van der Waals surface area contributed by atoms with Gasteiger partial charge >= 0.3 is 11.9 Å². The highest BCUT2D eigenvalue weighted by molar-refractivity contribution is 5.93. The first-order valence-electron chi connectivity index (χ1n) is 3.55. The molecule has 0 bridgehead atoms. The van der Waals surface area contributed by atoms with E-state index in [1.165, 1.54) is 6.92 Å². The highest BCUT2D eigenvalue weighted by Gasteiger charge is 2.24. The van der Waals surface area contributed by atoms with Crippen molar-refractivity contribution < 1.29 is 24.2 Å². The molecule has 0 spiro atoms. The highest BCUT2D eigenvalue weighted by atomic mass is 16.4. The highest BCUT2D eigenvalue weighted by Crippen LogP contribution is 2.21. The number of aromatic carboxylic acids is 2. The Kier molecular flexibility index (Phi) is 2.30. The summed E-state index contributed by atoms with van der Waals surface area (Å²) >= 11 is 0. The Morgan fingerprint density at radius 3 is 2.07 bits per heavy atom. The Morgan fingerprint density at radius 1 is 1.29 bits per heavy atom. The van der Waals surface area contributed by atoms with Crippen molar-refractivity contribution in [1.29, 1.82) is 0 Å². The number of carboxylic acid groups (broad SMARTS) is 2. The molecule has 0 fully saturated rings. The Hall–Kier alpha value is -2.22. The lowest BCUT2D eigenvalue weighted by Gasteiger charge is -1.87. The number of hydrogen-bond donors (Lipinski definition) is 2. The fraction of sp³-hybridized carbons (Fsp3) is 0.111. The molecule has 2 N–H and O–H groups in total. The van der Waals surface area contributed by atoms with Gasteiger partial charge in [0.1, 0.15) is 0 Å². The van der Waals surface area contributed by atoms with Gasteiger partial charge in [-0.15, -0.1) is 6.42 Å². The second-order valence-electron chi connectivity index (χ2n) is 2.51. The summed E-state index contributed by atoms with van der Waals surface area (Å²) in [5.41, 5.74) is 0.118. The van der Waals surface area contributed by atoms with E-state index in [2.05, 4.69) is 10.3 Å². The van der Waals surface area contributed by atoms with Gasteiger partial charge in [-0.1, -0.05) is 5.92 Å². The molecule has 0 unspecified atom stereocenters. The van der Waals surface area contributed by atoms with Crippen LogP contribution in [0, 0.1) is 19.3 Å². The average Bonchev–Trinajstić information content (AvgIpc) is 2.42. The largest absolute Gasteiger partial charge is 0.475 e. The second-order valence-corrected chi connectivity index (χ2v) is 2.51. The quantitative estimate of drug-likeness (QED) is 0.684. The van der Waals surface area contributed by atoms with Crippen LogP contribution in [0.2, 0.25) is 0 Å². The third-order valence-electron chi connectivity index (χ3n) is 1.68. The van der Waals surface area contributed by atoms with Crippen molar-refractivity contribution in [2.75, 3.05) is 0 Å². The molecule has 1 heterocycles. The summed E-state index contributed by atoms with van der Waals surface area (Å²) in [5.74, 6) is -1.59. The zero-order valence-electron chi connectivity index (χ0n) is 7.20. The first kappa shape index (κ1) is 9.86. The van der Waals surface area contributed by atoms with E-state index in [1.54, 1.807) is 0 Å². The third-order valence-corrected chi connectivity index (χ3v) is 1.68. The molecule has 0 saturated heterocycles. The first-order valence-corrected chi connectivity index (χ1v) is 3.55. The summed E-state index contributed by atoms with van der Waals surface area (Å²) < 4.78 is 4.62. The lowest BCUT2D eigenvalue weighted by molar-refractivity contribution is 0.0631. The molecule has 1 aromatic rings. The van der Waals surface area contributed by atoms with Crippen LogP contribution in [0.1, 0.15) is 32.2 Å². The number of furan rings is 1. The molecule has 5 nitrogen and oxygen atoms in total. The standard InChI is InChI=1S/C9H6O5/c1-3-5-4(2)6(8(10)11)14-7(5)9(12)13/h1H,2H3,(H,10,11)(H,12,13). The van der Waals surface area contributed by atoms with E-state index in [4.69, 9.17) is 16.6 Å². The smallest absolute Gasteiger partial charge is 0.373 e. The minimum Gasteiger partial charge on any atom is -0.475 e. The van der Waals surface area contributed by atoms with Gasteiger partial charge in [-0.25, -0.2) is 9.59 Å². The molecule has 5 heteroatoms. The van der Waals surface area contributed by atoms with Crippen LogP contribution in [0.4, 0.5) is 0 Å². The van der Waals surface area contributed by atoms with Crippen LogP contribution in [0.15, 0.2) is 4.42 Å². The summed E-state index contributed by atoms with van der Waals surface area (Å²) in [6.45, 7) is 1.40. The van der Waals surface area contributed by atoms with Crippen LogP contribution in [0.3, 0.4) is 0 Å². The van der Waals surface area contributed by atoms with Gasteiger partial charge in [0.05, 0.1) is 5.56 Å². The average molecular weight is 194 g/mol. The van der Waals surface area contributed by atoms with Gasteiger partial charge in [0, 0.05) is 5.56 Å². The summed E-state index contributed by atoms with van der Waals surface area (Å²) in [5, 5.41) is 17.3. The van der Waals surface area contributed by atoms with Crippen molar-refractivity contribution in [3.05, 3.63) is 22.6 Å². The van der Waals surface area contributed by atoms with Crippen LogP contribution in [0.25, 0.3) is 0 Å². The van der Waals surface area contributed by atoms with Gasteiger partial charge < -0.3 is 14.6 Å². The zero-order valence-corrected chi connectivity index (χ0v) is 7.20. The van der Waals surface area contributed by atoms with Gasteiger partial charge in [-0.05, 0) is 6.92 Å². The molecule has 0 saturated carbocycles. The van der Waals surface area contributed by atoms with E-state index >= 15 is 0 Å². The summed E-state index contributed by atoms with van der Waals surface area (Å²) in [6, 6.07) is 0. The predicted octanol–water partition coefficient (Wildman–Crippen LogP) is 0.966. The van der Waals surface area contributed by atoms with Crippen molar-refractivity contribution >= 4 is 11.9 Å². The normalized spacial score (nSPS) is 9.43. The molecule has 14 heavy (non-hydrogen) atoms. The van der Waals surface area contributed by atoms with E-state index in [1.807, 2.05) is 0 Å². The lowest BCUT2D eigenvalue weighted by atomic mass is 10.1. The minimum atomic E-state index is -1.38. The summed E-state index contributed by atoms with van der Waals surface area (Å²) in [7, 11) is 0. The molecule has 0 amide bonds. The maximum Gasteiger partial charge on any atom is 0.373 e. The van der Waals surface area contributed by atoms with Crippen LogP contribution in [-0.2, 0) is 0 Å². The van der Waals surface area contributed by atoms with E-state index < -0.39 is 23.5 Å². The molecule has 0 aromatic carbocycles. The summed E-state index contributed by atoms with van der Waals surface area (Å²) in [4.78, 5) is 21.2. The number of terminal acetylenes is 1. The number of carbonyl (C=O) groups is 2. The topological polar surface area (TPSA) is 87.7 Å². The number of carboxylic acids is 2. The second kappa shape index (κ2) is 3.26. The Bertz CT molecular complexity index is 447. The van der Waals surface area contributed by atoms with Crippen molar-refractivity contribution in [1.82, 2.24) is 0 Å². The van der Waals surface area contributed by atoms with Crippen molar-refractivity contribution in [3.8, 4) is 12.3 Å². The van der Waals surface area contributed by atoms with Crippen molar-refractivity contribution in [3.63, 3.8) is 0 Å². The number of rotatable bonds is 2. The monoisotopic (exact) mass is 194 g/mol.